The van der Waals surface area contributed by atoms with Gasteiger partial charge in [-0.05, 0) is 71.9 Å². The lowest BCUT2D eigenvalue weighted by Crippen LogP contribution is -2.33. The van der Waals surface area contributed by atoms with E-state index in [0.717, 1.165) is 51.4 Å². The van der Waals surface area contributed by atoms with Gasteiger partial charge < -0.3 is 19.9 Å². The molecule has 1 aliphatic rings. The Balaban J connectivity index is 1.41. The van der Waals surface area contributed by atoms with Gasteiger partial charge in [0.25, 0.3) is 0 Å². The molecule has 0 spiro atoms. The molecule has 34 heavy (non-hydrogen) atoms. The van der Waals surface area contributed by atoms with E-state index in [4.69, 9.17) is 4.74 Å². The number of ether oxygens (including phenoxy) is 1. The van der Waals surface area contributed by atoms with Crippen LogP contribution in [-0.4, -0.2) is 29.6 Å². The lowest BCUT2D eigenvalue weighted by molar-refractivity contribution is 0.265. The first-order valence-electron chi connectivity index (χ1n) is 12.9. The molecule has 2 heterocycles. The Morgan fingerprint density at radius 2 is 2.03 bits per heavy atom. The number of fused-ring (bicyclic) bond motifs is 2. The molecule has 0 saturated heterocycles. The van der Waals surface area contributed by atoms with E-state index in [1.807, 2.05) is 6.20 Å². The monoisotopic (exact) mass is 459 g/mol. The predicted molar refractivity (Wildman–Crippen MR) is 143 cm³/mol. The zero-order valence-corrected chi connectivity index (χ0v) is 21.4. The van der Waals surface area contributed by atoms with E-state index >= 15 is 0 Å². The molecule has 1 unspecified atom stereocenters. The van der Waals surface area contributed by atoms with Crippen molar-refractivity contribution in [3.05, 3.63) is 77.1 Å². The molecule has 1 atom stereocenters. The van der Waals surface area contributed by atoms with Crippen molar-refractivity contribution in [3.8, 4) is 5.75 Å². The van der Waals surface area contributed by atoms with Gasteiger partial charge in [0, 0.05) is 49.5 Å². The van der Waals surface area contributed by atoms with E-state index in [0.29, 0.717) is 11.8 Å². The standard InChI is InChI=1S/C30H41N3O/c1-21(2)19-33(20-25-15-22(3)28-11-6-7-14-34-29(28)16-25)24(5)23(4)17-31-18-27-10-8-9-26-12-13-32-30(26)27/h8-10,12-13,15-16,21,23,31-32H,5-7,11,14,17-20H2,1-4H3. The number of aromatic nitrogens is 1. The Morgan fingerprint density at radius 1 is 1.18 bits per heavy atom. The number of hydrogen-bond acceptors (Lipinski definition) is 3. The smallest absolute Gasteiger partial charge is 0.123 e. The van der Waals surface area contributed by atoms with Gasteiger partial charge in [-0.15, -0.1) is 0 Å². The minimum atomic E-state index is 0.347. The first-order valence-corrected chi connectivity index (χ1v) is 12.9. The third kappa shape index (κ3) is 5.85. The van der Waals surface area contributed by atoms with Crippen molar-refractivity contribution in [3.63, 3.8) is 0 Å². The van der Waals surface area contributed by atoms with Crippen LogP contribution in [0.5, 0.6) is 5.75 Å². The van der Waals surface area contributed by atoms with E-state index in [9.17, 15) is 0 Å². The van der Waals surface area contributed by atoms with Crippen LogP contribution in [0.1, 0.15) is 55.9 Å². The van der Waals surface area contributed by atoms with Gasteiger partial charge in [0.2, 0.25) is 0 Å². The lowest BCUT2D eigenvalue weighted by atomic mass is 9.98. The third-order valence-corrected chi connectivity index (χ3v) is 6.94. The molecule has 182 valence electrons. The molecule has 0 radical (unpaired) electrons. The van der Waals surface area contributed by atoms with Gasteiger partial charge in [-0.2, -0.15) is 0 Å². The summed E-state index contributed by atoms with van der Waals surface area (Å²) < 4.78 is 6.11. The SMILES string of the molecule is C=C(C(C)CNCc1cccc2cc[nH]c12)N(Cc1cc(C)c2c(c1)OCCCC2)CC(C)C. The second-order valence-electron chi connectivity index (χ2n) is 10.4. The van der Waals surface area contributed by atoms with Crippen LogP contribution in [0.2, 0.25) is 0 Å². The summed E-state index contributed by atoms with van der Waals surface area (Å²) in [6.45, 7) is 18.1. The van der Waals surface area contributed by atoms with Gasteiger partial charge in [-0.1, -0.05) is 51.6 Å². The van der Waals surface area contributed by atoms with E-state index in [1.54, 1.807) is 0 Å². The normalized spacial score (nSPS) is 14.5. The van der Waals surface area contributed by atoms with Crippen LogP contribution in [-0.2, 0) is 19.5 Å². The first-order chi connectivity index (χ1) is 16.4. The Labute approximate surface area is 205 Å². The summed E-state index contributed by atoms with van der Waals surface area (Å²) in [5.74, 6) is 2.01. The van der Waals surface area contributed by atoms with E-state index < -0.39 is 0 Å². The highest BCUT2D eigenvalue weighted by molar-refractivity contribution is 5.82. The van der Waals surface area contributed by atoms with Crippen molar-refractivity contribution < 1.29 is 4.74 Å². The third-order valence-electron chi connectivity index (χ3n) is 6.94. The van der Waals surface area contributed by atoms with Crippen LogP contribution >= 0.6 is 0 Å². The fourth-order valence-corrected chi connectivity index (χ4v) is 5.08. The van der Waals surface area contributed by atoms with Crippen molar-refractivity contribution in [2.24, 2.45) is 11.8 Å². The van der Waals surface area contributed by atoms with Crippen LogP contribution in [0, 0.1) is 18.8 Å². The van der Waals surface area contributed by atoms with Gasteiger partial charge in [-0.25, -0.2) is 0 Å². The fraction of sp³-hybridized carbons (Fsp3) is 0.467. The van der Waals surface area contributed by atoms with Crippen molar-refractivity contribution >= 4 is 10.9 Å². The summed E-state index contributed by atoms with van der Waals surface area (Å²) in [4.78, 5) is 5.84. The maximum absolute atomic E-state index is 6.11. The molecule has 0 amide bonds. The summed E-state index contributed by atoms with van der Waals surface area (Å²) in [5, 5.41) is 4.93. The van der Waals surface area contributed by atoms with Gasteiger partial charge >= 0.3 is 0 Å². The van der Waals surface area contributed by atoms with E-state index in [2.05, 4.69) is 85.9 Å². The highest BCUT2D eigenvalue weighted by Crippen LogP contribution is 2.30. The number of para-hydroxylation sites is 1. The zero-order chi connectivity index (χ0) is 24.1. The summed E-state index contributed by atoms with van der Waals surface area (Å²) in [6, 6.07) is 13.2. The molecular weight excluding hydrogens is 418 g/mol. The Kier molecular flexibility index (Phi) is 7.99. The average Bonchev–Trinajstić information content (AvgIpc) is 3.16. The summed E-state index contributed by atoms with van der Waals surface area (Å²) in [6.07, 6.45) is 5.50. The van der Waals surface area contributed by atoms with Crippen LogP contribution < -0.4 is 10.1 Å². The molecule has 4 heteroatoms. The molecular formula is C30H41N3O. The van der Waals surface area contributed by atoms with Crippen LogP contribution in [0.15, 0.2) is 54.9 Å². The molecule has 0 fully saturated rings. The van der Waals surface area contributed by atoms with Gasteiger partial charge in [0.05, 0.1) is 6.61 Å². The largest absolute Gasteiger partial charge is 0.493 e. The molecule has 3 aromatic rings. The zero-order valence-electron chi connectivity index (χ0n) is 21.4. The maximum atomic E-state index is 6.11. The predicted octanol–water partition coefficient (Wildman–Crippen LogP) is 6.59. The first kappa shape index (κ1) is 24.4. The summed E-state index contributed by atoms with van der Waals surface area (Å²) >= 11 is 0. The van der Waals surface area contributed by atoms with Crippen molar-refractivity contribution in [1.82, 2.24) is 15.2 Å². The summed E-state index contributed by atoms with van der Waals surface area (Å²) in [5.41, 5.74) is 7.80. The lowest BCUT2D eigenvalue weighted by Gasteiger charge is -2.32. The second-order valence-corrected chi connectivity index (χ2v) is 10.4. The molecule has 1 aliphatic heterocycles. The molecule has 1 aromatic heterocycles. The van der Waals surface area contributed by atoms with Crippen LogP contribution in [0.3, 0.4) is 0 Å². The minimum absolute atomic E-state index is 0.347. The van der Waals surface area contributed by atoms with E-state index in [-0.39, 0.29) is 0 Å². The Bertz CT molecular complexity index is 1110. The number of H-pyrrole nitrogens is 1. The van der Waals surface area contributed by atoms with Crippen LogP contribution in [0.4, 0.5) is 0 Å². The van der Waals surface area contributed by atoms with Crippen LogP contribution in [0.25, 0.3) is 10.9 Å². The molecule has 4 nitrogen and oxygen atoms in total. The van der Waals surface area contributed by atoms with Gasteiger partial charge in [0.1, 0.15) is 5.75 Å². The summed E-state index contributed by atoms with van der Waals surface area (Å²) in [7, 11) is 0. The van der Waals surface area contributed by atoms with Crippen molar-refractivity contribution in [2.45, 2.75) is 60.0 Å². The minimum Gasteiger partial charge on any atom is -0.493 e. The Morgan fingerprint density at radius 3 is 2.85 bits per heavy atom. The molecule has 2 aromatic carbocycles. The number of aromatic amines is 1. The number of nitrogens with zero attached hydrogens (tertiary/aromatic N) is 1. The molecule has 4 rings (SSSR count). The highest BCUT2D eigenvalue weighted by atomic mass is 16.5. The average molecular weight is 460 g/mol. The maximum Gasteiger partial charge on any atom is 0.123 e. The van der Waals surface area contributed by atoms with Gasteiger partial charge in [0.15, 0.2) is 0 Å². The topological polar surface area (TPSA) is 40.3 Å². The number of benzene rings is 2. The number of hydrogen-bond donors (Lipinski definition) is 2. The highest BCUT2D eigenvalue weighted by Gasteiger charge is 2.19. The molecule has 0 aliphatic carbocycles. The van der Waals surface area contributed by atoms with E-state index in [1.165, 1.54) is 45.3 Å². The fourth-order valence-electron chi connectivity index (χ4n) is 5.08. The Hall–Kier alpha value is -2.72. The second kappa shape index (κ2) is 11.1. The number of nitrogens with one attached hydrogen (secondary N) is 2. The van der Waals surface area contributed by atoms with Gasteiger partial charge in [-0.3, -0.25) is 0 Å². The molecule has 0 bridgehead atoms. The van der Waals surface area contributed by atoms with Crippen molar-refractivity contribution in [2.75, 3.05) is 19.7 Å². The molecule has 0 saturated carbocycles. The number of aryl methyl sites for hydroxylation is 1. The molecule has 2 N–H and O–H groups in total. The number of rotatable bonds is 10. The quantitative estimate of drug-likeness (QED) is 0.359. The van der Waals surface area contributed by atoms with Crippen molar-refractivity contribution in [1.29, 1.82) is 0 Å².